The molecule has 1 atom stereocenters. The van der Waals surface area contributed by atoms with E-state index in [0.29, 0.717) is 19.0 Å². The fourth-order valence-electron chi connectivity index (χ4n) is 2.73. The molecule has 2 aromatic carbocycles. The number of aliphatic imine (C=N–C) groups is 1. The van der Waals surface area contributed by atoms with Crippen LogP contribution in [0, 0.1) is 17.0 Å². The van der Waals surface area contributed by atoms with Crippen molar-refractivity contribution in [2.45, 2.75) is 33.4 Å². The number of rotatable bonds is 7. The lowest BCUT2D eigenvalue weighted by Crippen LogP contribution is -2.38. The van der Waals surface area contributed by atoms with Crippen LogP contribution < -0.4 is 15.4 Å². The van der Waals surface area contributed by atoms with Crippen LogP contribution in [-0.4, -0.2) is 24.5 Å². The Morgan fingerprint density at radius 1 is 1.29 bits per heavy atom. The van der Waals surface area contributed by atoms with E-state index < -0.39 is 4.92 Å². The zero-order chi connectivity index (χ0) is 19.8. The molecular formula is C20H27IN4O3. The van der Waals surface area contributed by atoms with Crippen molar-refractivity contribution in [1.82, 2.24) is 10.6 Å². The number of nitrogens with one attached hydrogen (secondary N) is 2. The quantitative estimate of drug-likeness (QED) is 0.195. The maximum atomic E-state index is 10.9. The molecule has 28 heavy (non-hydrogen) atoms. The Morgan fingerprint density at radius 3 is 2.68 bits per heavy atom. The molecule has 0 saturated carbocycles. The monoisotopic (exact) mass is 498 g/mol. The average molecular weight is 498 g/mol. The molecule has 2 aromatic rings. The molecule has 2 rings (SSSR count). The summed E-state index contributed by atoms with van der Waals surface area (Å²) in [7, 11) is 1.66. The van der Waals surface area contributed by atoms with Crippen LogP contribution in [0.25, 0.3) is 0 Å². The minimum Gasteiger partial charge on any atom is -0.496 e. The highest BCUT2D eigenvalue weighted by molar-refractivity contribution is 14.0. The van der Waals surface area contributed by atoms with Crippen molar-refractivity contribution in [3.05, 3.63) is 69.3 Å². The predicted molar refractivity (Wildman–Crippen MR) is 123 cm³/mol. The van der Waals surface area contributed by atoms with Gasteiger partial charge in [0.1, 0.15) is 5.75 Å². The van der Waals surface area contributed by atoms with Gasteiger partial charge in [-0.15, -0.1) is 24.0 Å². The first kappa shape index (κ1) is 23.7. The predicted octanol–water partition coefficient (Wildman–Crippen LogP) is 4.35. The minimum absolute atomic E-state index is 0. The van der Waals surface area contributed by atoms with Gasteiger partial charge in [0.15, 0.2) is 5.96 Å². The van der Waals surface area contributed by atoms with Gasteiger partial charge in [-0.05, 0) is 32.4 Å². The van der Waals surface area contributed by atoms with Crippen LogP contribution in [0.5, 0.6) is 5.75 Å². The van der Waals surface area contributed by atoms with E-state index in [0.717, 1.165) is 22.4 Å². The van der Waals surface area contributed by atoms with E-state index in [2.05, 4.69) is 21.7 Å². The van der Waals surface area contributed by atoms with Gasteiger partial charge in [-0.1, -0.05) is 29.8 Å². The number of methoxy groups -OCH3 is 1. The molecule has 0 aliphatic carbocycles. The first-order valence-corrected chi connectivity index (χ1v) is 8.87. The lowest BCUT2D eigenvalue weighted by atomic mass is 10.0. The maximum absolute atomic E-state index is 10.9. The highest BCUT2D eigenvalue weighted by atomic mass is 127. The fraction of sp³-hybridized carbons (Fsp3) is 0.350. The van der Waals surface area contributed by atoms with Crippen molar-refractivity contribution in [3.8, 4) is 5.75 Å². The third-order valence-corrected chi connectivity index (χ3v) is 4.09. The van der Waals surface area contributed by atoms with Crippen molar-refractivity contribution in [2.24, 2.45) is 4.99 Å². The number of ether oxygens (including phenoxy) is 1. The molecule has 0 fully saturated rings. The highest BCUT2D eigenvalue weighted by Gasteiger charge is 2.13. The SMILES string of the molecule is CCNC(=NCc1cccc([N+](=O)[O-])c1)NC(C)c1cc(C)ccc1OC.I. The second kappa shape index (κ2) is 11.5. The van der Waals surface area contributed by atoms with Gasteiger partial charge in [-0.2, -0.15) is 0 Å². The van der Waals surface area contributed by atoms with Gasteiger partial charge in [0.25, 0.3) is 5.69 Å². The molecule has 0 bridgehead atoms. The number of benzene rings is 2. The second-order valence-electron chi connectivity index (χ2n) is 6.23. The van der Waals surface area contributed by atoms with Gasteiger partial charge in [0, 0.05) is 24.2 Å². The summed E-state index contributed by atoms with van der Waals surface area (Å²) in [6, 6.07) is 12.5. The average Bonchev–Trinajstić information content (AvgIpc) is 2.66. The largest absolute Gasteiger partial charge is 0.496 e. The first-order valence-electron chi connectivity index (χ1n) is 8.87. The van der Waals surface area contributed by atoms with Gasteiger partial charge < -0.3 is 15.4 Å². The number of halogens is 1. The summed E-state index contributed by atoms with van der Waals surface area (Å²) in [5.74, 6) is 1.45. The first-order chi connectivity index (χ1) is 12.9. The molecule has 1 unspecified atom stereocenters. The third kappa shape index (κ3) is 6.66. The molecule has 0 saturated heterocycles. The van der Waals surface area contributed by atoms with Gasteiger partial charge in [-0.3, -0.25) is 10.1 Å². The molecule has 8 heteroatoms. The van der Waals surface area contributed by atoms with E-state index in [9.17, 15) is 10.1 Å². The van der Waals surface area contributed by atoms with Crippen molar-refractivity contribution < 1.29 is 9.66 Å². The summed E-state index contributed by atoms with van der Waals surface area (Å²) >= 11 is 0. The topological polar surface area (TPSA) is 88.8 Å². The van der Waals surface area contributed by atoms with Gasteiger partial charge in [0.05, 0.1) is 24.6 Å². The van der Waals surface area contributed by atoms with Gasteiger partial charge >= 0.3 is 0 Å². The molecular weight excluding hydrogens is 471 g/mol. The Bertz CT molecular complexity index is 827. The van der Waals surface area contributed by atoms with Crippen LogP contribution in [0.15, 0.2) is 47.5 Å². The zero-order valence-electron chi connectivity index (χ0n) is 16.6. The number of nitrogens with zero attached hydrogens (tertiary/aromatic N) is 2. The Balaban J connectivity index is 0.00000392. The van der Waals surface area contributed by atoms with E-state index in [-0.39, 0.29) is 35.7 Å². The number of aryl methyl sites for hydroxylation is 1. The van der Waals surface area contributed by atoms with E-state index >= 15 is 0 Å². The number of nitro benzene ring substituents is 1. The van der Waals surface area contributed by atoms with E-state index in [1.54, 1.807) is 19.2 Å². The summed E-state index contributed by atoms with van der Waals surface area (Å²) in [5.41, 5.74) is 3.04. The van der Waals surface area contributed by atoms with Gasteiger partial charge in [-0.25, -0.2) is 4.99 Å². The number of non-ortho nitro benzene ring substituents is 1. The summed E-state index contributed by atoms with van der Waals surface area (Å²) in [6.07, 6.45) is 0. The van der Waals surface area contributed by atoms with E-state index in [4.69, 9.17) is 4.74 Å². The Morgan fingerprint density at radius 2 is 2.04 bits per heavy atom. The van der Waals surface area contributed by atoms with Crippen LogP contribution in [0.4, 0.5) is 5.69 Å². The molecule has 0 aliphatic heterocycles. The number of guanidine groups is 1. The third-order valence-electron chi connectivity index (χ3n) is 4.09. The van der Waals surface area contributed by atoms with Crippen molar-refractivity contribution >= 4 is 35.6 Å². The molecule has 0 aliphatic rings. The van der Waals surface area contributed by atoms with Crippen LogP contribution in [0.2, 0.25) is 0 Å². The normalized spacial score (nSPS) is 11.9. The van der Waals surface area contributed by atoms with Crippen LogP contribution in [0.1, 0.15) is 36.6 Å². The Hall–Kier alpha value is -2.36. The standard InChI is InChI=1S/C20H26N4O3.HI/c1-5-21-20(22-13-16-7-6-8-17(12-16)24(25)26)23-15(3)18-11-14(2)9-10-19(18)27-4;/h6-12,15H,5,13H2,1-4H3,(H2,21,22,23);1H. The fourth-order valence-corrected chi connectivity index (χ4v) is 2.73. The number of hydrogen-bond acceptors (Lipinski definition) is 4. The van der Waals surface area contributed by atoms with Crippen molar-refractivity contribution in [2.75, 3.05) is 13.7 Å². The van der Waals surface area contributed by atoms with Crippen LogP contribution in [-0.2, 0) is 6.54 Å². The lowest BCUT2D eigenvalue weighted by molar-refractivity contribution is -0.384. The molecule has 0 amide bonds. The van der Waals surface area contributed by atoms with E-state index in [1.165, 1.54) is 6.07 Å². The van der Waals surface area contributed by atoms with Crippen LogP contribution in [0.3, 0.4) is 0 Å². The lowest BCUT2D eigenvalue weighted by Gasteiger charge is -2.20. The van der Waals surface area contributed by atoms with Crippen molar-refractivity contribution in [3.63, 3.8) is 0 Å². The molecule has 2 N–H and O–H groups in total. The molecule has 0 radical (unpaired) electrons. The molecule has 0 aromatic heterocycles. The summed E-state index contributed by atoms with van der Waals surface area (Å²) in [6.45, 7) is 7.12. The zero-order valence-corrected chi connectivity index (χ0v) is 18.9. The summed E-state index contributed by atoms with van der Waals surface area (Å²) in [4.78, 5) is 15.1. The molecule has 152 valence electrons. The number of nitro groups is 1. The smallest absolute Gasteiger partial charge is 0.269 e. The van der Waals surface area contributed by atoms with E-state index in [1.807, 2.05) is 39.0 Å². The molecule has 0 heterocycles. The molecule has 0 spiro atoms. The highest BCUT2D eigenvalue weighted by Crippen LogP contribution is 2.26. The van der Waals surface area contributed by atoms with Crippen LogP contribution >= 0.6 is 24.0 Å². The Kier molecular flexibility index (Phi) is 9.70. The summed E-state index contributed by atoms with van der Waals surface area (Å²) in [5, 5.41) is 17.5. The Labute approximate surface area is 182 Å². The number of hydrogen-bond donors (Lipinski definition) is 2. The summed E-state index contributed by atoms with van der Waals surface area (Å²) < 4.78 is 5.46. The maximum Gasteiger partial charge on any atom is 0.269 e. The van der Waals surface area contributed by atoms with Gasteiger partial charge in [0.2, 0.25) is 0 Å². The van der Waals surface area contributed by atoms with Crippen molar-refractivity contribution in [1.29, 1.82) is 0 Å². The minimum atomic E-state index is -0.400. The molecule has 7 nitrogen and oxygen atoms in total. The second-order valence-corrected chi connectivity index (χ2v) is 6.23.